The predicted octanol–water partition coefficient (Wildman–Crippen LogP) is -3.02. The first-order chi connectivity index (χ1) is 50.8. The number of aliphatic hydroxyl groups is 1. The maximum atomic E-state index is 15.4. The van der Waals surface area contributed by atoms with Gasteiger partial charge in [0.1, 0.15) is 78.3 Å². The SMILES string of the molecule is CC(C)C[C@@H]1NC(=O)[C@@H]2CSSC[C@H](NC(=O)[C@H](Cc3cnc[nH]3)NC(=O)[C@H](Cc3cnc[nH]3)NC(=O)[C@H](CCC(=O)O)NC1=O)C(=O)N[C@@H](Cc1c[nH]c3ccccc13)C(=O)N[C@@H]([C@@H](C)O)C(=O)N[C@H](C(N)=O)CSSC[C@H](N)C(=O)N[C@@H](C(C)C)C(=O)N[C@@H](C)C(=O)N[C@@H](Cc1ccc(O)cc1)C(=O)N2. The molecule has 3 aromatic heterocycles. The van der Waals surface area contributed by atoms with Crippen LogP contribution in [0.4, 0.5) is 0 Å². The molecule has 2 fully saturated rings. The van der Waals surface area contributed by atoms with E-state index in [-0.39, 0.29) is 66.7 Å². The summed E-state index contributed by atoms with van der Waals surface area (Å²) in [5, 5.41) is 63.1. The molecule has 0 radical (unpaired) electrons. The lowest BCUT2D eigenvalue weighted by molar-refractivity contribution is -0.139. The van der Waals surface area contributed by atoms with Gasteiger partial charge in [0.15, 0.2) is 0 Å². The summed E-state index contributed by atoms with van der Waals surface area (Å²) >= 11 is 0. The summed E-state index contributed by atoms with van der Waals surface area (Å²) in [4.78, 5) is 218. The molecular weight excluding hydrogens is 1470 g/mol. The molecular formula is C67H91N19O17S4. The number of carbonyl (C=O) groups excluding carboxylic acids is 13. The number of carbonyl (C=O) groups is 14. The molecule has 7 rings (SSSR count). The van der Waals surface area contributed by atoms with Gasteiger partial charge in [0, 0.05) is 96.0 Å². The molecule has 107 heavy (non-hydrogen) atoms. The van der Waals surface area contributed by atoms with Crippen LogP contribution < -0.4 is 75.3 Å². The topological polar surface area (TPSA) is 569 Å². The van der Waals surface area contributed by atoms with E-state index in [1.807, 2.05) is 0 Å². The lowest BCUT2D eigenvalue weighted by Gasteiger charge is -2.29. The lowest BCUT2D eigenvalue weighted by Crippen LogP contribution is -2.62. The van der Waals surface area contributed by atoms with Gasteiger partial charge in [-0.05, 0) is 67.9 Å². The van der Waals surface area contributed by atoms with E-state index in [4.69, 9.17) is 11.5 Å². The second-order valence-corrected chi connectivity index (χ2v) is 31.5. The third-order valence-electron chi connectivity index (χ3n) is 17.0. The molecule has 2 aliphatic rings. The Bertz CT molecular complexity index is 3940. The minimum absolute atomic E-state index is 0.133. The van der Waals surface area contributed by atoms with Crippen molar-refractivity contribution in [2.45, 2.75) is 171 Å². The molecule has 0 aliphatic carbocycles. The second-order valence-electron chi connectivity index (χ2n) is 26.4. The number of H-pyrrole nitrogens is 3. The number of aromatic nitrogens is 5. The molecule has 0 saturated carbocycles. The molecule has 0 unspecified atom stereocenters. The third-order valence-corrected chi connectivity index (χ3v) is 21.9. The summed E-state index contributed by atoms with van der Waals surface area (Å²) in [5.74, 6) is -16.9. The fraction of sp³-hybridized carbons (Fsp3) is 0.493. The third kappa shape index (κ3) is 25.9. The number of phenolic OH excluding ortho intramolecular Hbond substituents is 1. The molecule has 5 aromatic rings. The van der Waals surface area contributed by atoms with Crippen molar-refractivity contribution in [1.82, 2.24) is 88.7 Å². The van der Waals surface area contributed by atoms with Crippen molar-refractivity contribution >= 4 is 137 Å². The number of nitrogens with two attached hydrogens (primary N) is 2. The van der Waals surface area contributed by atoms with Crippen molar-refractivity contribution in [3.05, 3.63) is 102 Å². The monoisotopic (exact) mass is 1560 g/mol. The average molecular weight is 1560 g/mol. The van der Waals surface area contributed by atoms with E-state index >= 15 is 24.0 Å². The number of para-hydroxylation sites is 1. The van der Waals surface area contributed by atoms with Crippen LogP contribution in [0, 0.1) is 11.8 Å². The van der Waals surface area contributed by atoms with Gasteiger partial charge in [-0.25, -0.2) is 9.97 Å². The van der Waals surface area contributed by atoms with E-state index in [1.54, 1.807) is 58.2 Å². The van der Waals surface area contributed by atoms with Crippen LogP contribution in [0.5, 0.6) is 5.75 Å². The van der Waals surface area contributed by atoms with Gasteiger partial charge in [-0.3, -0.25) is 67.1 Å². The number of rotatable bonds is 16. The van der Waals surface area contributed by atoms with Gasteiger partial charge in [-0.1, -0.05) is 101 Å². The maximum absolute atomic E-state index is 15.4. The highest BCUT2D eigenvalue weighted by Crippen LogP contribution is 2.26. The summed E-state index contributed by atoms with van der Waals surface area (Å²) in [6.07, 6.45) is 2.38. The Hall–Kier alpha value is -9.90. The highest BCUT2D eigenvalue weighted by molar-refractivity contribution is 8.77. The van der Waals surface area contributed by atoms with Gasteiger partial charge >= 0.3 is 5.97 Å². The fourth-order valence-corrected chi connectivity index (χ4v) is 15.7. The summed E-state index contributed by atoms with van der Waals surface area (Å²) in [6, 6.07) is -8.16. The Morgan fingerprint density at radius 2 is 0.991 bits per heavy atom. The fourth-order valence-electron chi connectivity index (χ4n) is 11.1. The number of aromatic amines is 3. The first-order valence-electron chi connectivity index (χ1n) is 34.2. The zero-order valence-corrected chi connectivity index (χ0v) is 62.5. The largest absolute Gasteiger partial charge is 0.508 e. The van der Waals surface area contributed by atoms with Crippen LogP contribution in [0.2, 0.25) is 0 Å². The van der Waals surface area contributed by atoms with Crippen LogP contribution in [0.3, 0.4) is 0 Å². The van der Waals surface area contributed by atoms with Crippen molar-refractivity contribution in [2.75, 3.05) is 23.0 Å². The van der Waals surface area contributed by atoms with Crippen molar-refractivity contribution < 1.29 is 82.4 Å². The van der Waals surface area contributed by atoms with Gasteiger partial charge in [0.05, 0.1) is 24.8 Å². The number of nitrogens with zero attached hydrogens (tertiary/aromatic N) is 2. The van der Waals surface area contributed by atoms with Crippen LogP contribution >= 0.6 is 43.2 Å². The molecule has 40 heteroatoms. The number of carboxylic acid groups (broad SMARTS) is 1. The van der Waals surface area contributed by atoms with Crippen molar-refractivity contribution in [1.29, 1.82) is 0 Å². The molecule has 0 spiro atoms. The molecule has 36 nitrogen and oxygen atoms in total. The van der Waals surface area contributed by atoms with Crippen molar-refractivity contribution in [2.24, 2.45) is 23.3 Å². The second kappa shape index (κ2) is 40.7. The maximum Gasteiger partial charge on any atom is 0.303 e. The quantitative estimate of drug-likeness (QED) is 0.0437. The number of carboxylic acids is 1. The van der Waals surface area contributed by atoms with Crippen LogP contribution in [-0.2, 0) is 92.8 Å². The number of fused-ring (bicyclic) bond motifs is 6. The van der Waals surface area contributed by atoms with Gasteiger partial charge in [-0.15, -0.1) is 0 Å². The molecule has 13 amide bonds. The van der Waals surface area contributed by atoms with E-state index in [2.05, 4.69) is 88.7 Å². The number of aromatic hydroxyl groups is 1. The first-order valence-corrected chi connectivity index (χ1v) is 39.2. The average Bonchev–Trinajstić information content (AvgIpc) is 1.79. The summed E-state index contributed by atoms with van der Waals surface area (Å²) in [6.45, 7) is 9.11. The van der Waals surface area contributed by atoms with Crippen LogP contribution in [0.15, 0.2) is 79.8 Å². The van der Waals surface area contributed by atoms with E-state index in [9.17, 15) is 58.5 Å². The first kappa shape index (κ1) is 84.4. The van der Waals surface area contributed by atoms with Gasteiger partial charge in [-0.2, -0.15) is 0 Å². The van der Waals surface area contributed by atoms with Crippen molar-refractivity contribution in [3.8, 4) is 5.75 Å². The predicted molar refractivity (Wildman–Crippen MR) is 397 cm³/mol. The zero-order valence-electron chi connectivity index (χ0n) is 59.3. The number of hydrogen-bond acceptors (Lipinski definition) is 23. The van der Waals surface area contributed by atoms with Gasteiger partial charge < -0.3 is 106 Å². The molecule has 580 valence electrons. The van der Waals surface area contributed by atoms with Crippen LogP contribution in [0.1, 0.15) is 83.3 Å². The zero-order chi connectivity index (χ0) is 78.2. The molecule has 5 heterocycles. The minimum Gasteiger partial charge on any atom is -0.508 e. The highest BCUT2D eigenvalue weighted by atomic mass is 33.1. The molecule has 2 aromatic carbocycles. The number of primary amides is 1. The van der Waals surface area contributed by atoms with E-state index in [0.717, 1.165) is 43.2 Å². The number of hydrogen-bond donors (Lipinski definition) is 20. The van der Waals surface area contributed by atoms with Crippen molar-refractivity contribution in [3.63, 3.8) is 0 Å². The summed E-state index contributed by atoms with van der Waals surface area (Å²) in [5.41, 5.74) is 14.0. The number of amides is 13. The Morgan fingerprint density at radius 1 is 0.514 bits per heavy atom. The number of phenols is 1. The van der Waals surface area contributed by atoms with Crippen LogP contribution in [0.25, 0.3) is 10.9 Å². The molecule has 2 bridgehead atoms. The normalized spacial score (nSPS) is 25.9. The Labute approximate surface area is 630 Å². The number of aliphatic hydroxyl groups excluding tert-OH is 1. The molecule has 2 aliphatic heterocycles. The van der Waals surface area contributed by atoms with Gasteiger partial charge in [0.2, 0.25) is 76.8 Å². The highest BCUT2D eigenvalue weighted by Gasteiger charge is 2.39. The number of benzene rings is 2. The molecule has 22 N–H and O–H groups in total. The van der Waals surface area contributed by atoms with Gasteiger partial charge in [0.25, 0.3) is 0 Å². The number of imidazole rings is 2. The lowest BCUT2D eigenvalue weighted by atomic mass is 10.0. The van der Waals surface area contributed by atoms with E-state index in [1.165, 1.54) is 63.2 Å². The Balaban J connectivity index is 1.37. The standard InChI is InChI=1S/C67H91N19O17S4/c1-31(2)17-44-59(95)76-43(15-16-52(89)90)58(94)80-47(20-37-23-70-29-73-37)61(97)81-48(21-38-24-71-30-74-38)62(98)84-51-28-107-106-27-50(64(100)78-44)83-60(96)45(18-35-11-13-39(88)14-12-35)77-56(92)33(5)75-66(102)53(32(3)4)85-57(93)41(68)25-104-105-26-49(55(69)91)82-67(103)54(34(6)87)86-63(99)46(79-65(51)101)19-36-22-72-42-10-8-7-9-40(36)42/h7-14,22-24,29-34,41,43-51,53-54,72,87-88H,15-21,25-28,68H2,1-6H3,(H2,69,91)(H,70,73)(H,71,74)(H,75,102)(H,76,95)(H,77,92)(H,78,100)(H,79,101)(H,80,94)(H,81,97)(H,82,103)(H,83,96)(H,84,98)(H,85,93)(H,86,99)(H,89,90)/t33-,34+,41-,43-,44-,45-,46-,47-,48-,49-,50-,51-,53-,54-/m0/s1. The van der Waals surface area contributed by atoms with E-state index in [0.29, 0.717) is 22.0 Å². The number of nitrogens with one attached hydrogen (secondary N) is 15. The number of aliphatic carboxylic acids is 1. The minimum atomic E-state index is -1.85. The molecule has 2 saturated heterocycles. The smallest absolute Gasteiger partial charge is 0.303 e. The Kier molecular flexibility index (Phi) is 32.1. The Morgan fingerprint density at radius 3 is 1.54 bits per heavy atom. The van der Waals surface area contributed by atoms with Crippen LogP contribution in [-0.4, -0.2) is 231 Å². The summed E-state index contributed by atoms with van der Waals surface area (Å²) in [7, 11) is 3.65. The van der Waals surface area contributed by atoms with E-state index < -0.39 is 198 Å². The summed E-state index contributed by atoms with van der Waals surface area (Å²) < 4.78 is 0. The molecule has 14 atom stereocenters.